The quantitative estimate of drug-likeness (QED) is 0.923. The Balaban J connectivity index is 1.80. The van der Waals surface area contributed by atoms with Gasteiger partial charge in [-0.3, -0.25) is 0 Å². The van der Waals surface area contributed by atoms with Gasteiger partial charge in [0, 0.05) is 6.42 Å². The average Bonchev–Trinajstić information content (AvgIpc) is 2.53. The molecule has 1 unspecified atom stereocenters. The van der Waals surface area contributed by atoms with Crippen molar-refractivity contribution in [1.82, 2.24) is 0 Å². The van der Waals surface area contributed by atoms with Gasteiger partial charge in [0.05, 0.1) is 12.2 Å². The van der Waals surface area contributed by atoms with Crippen LogP contribution < -0.4 is 4.74 Å². The second kappa shape index (κ2) is 5.90. The Morgan fingerprint density at radius 1 is 1.05 bits per heavy atom. The van der Waals surface area contributed by atoms with Gasteiger partial charge in [-0.25, -0.2) is 0 Å². The first kappa shape index (κ1) is 14.2. The summed E-state index contributed by atoms with van der Waals surface area (Å²) in [5.74, 6) is 0.875. The Hall–Kier alpha value is -1.80. The van der Waals surface area contributed by atoms with Gasteiger partial charge in [0.2, 0.25) is 0 Å². The number of hydrogen-bond acceptors (Lipinski definition) is 2. The van der Waals surface area contributed by atoms with E-state index in [0.29, 0.717) is 6.42 Å². The highest BCUT2D eigenvalue weighted by molar-refractivity contribution is 5.37. The van der Waals surface area contributed by atoms with Crippen molar-refractivity contribution in [2.24, 2.45) is 0 Å². The number of fused-ring (bicyclic) bond motifs is 1. The Morgan fingerprint density at radius 3 is 2.48 bits per heavy atom. The number of aliphatic hydroxyl groups is 1. The van der Waals surface area contributed by atoms with E-state index < -0.39 is 5.60 Å². The number of ether oxygens (including phenoxy) is 1. The average molecular weight is 282 g/mol. The molecule has 0 bridgehead atoms. The zero-order valence-electron chi connectivity index (χ0n) is 12.5. The van der Waals surface area contributed by atoms with E-state index in [0.717, 1.165) is 37.2 Å². The SMILES string of the molecule is CCCOc1ccc(C2(O)CCc3ccccc3C2)cc1. The summed E-state index contributed by atoms with van der Waals surface area (Å²) in [5, 5.41) is 11.0. The summed E-state index contributed by atoms with van der Waals surface area (Å²) in [6.45, 7) is 2.83. The molecule has 2 aromatic rings. The lowest BCUT2D eigenvalue weighted by molar-refractivity contribution is 0.0222. The molecule has 0 heterocycles. The number of rotatable bonds is 4. The van der Waals surface area contributed by atoms with Crippen molar-refractivity contribution < 1.29 is 9.84 Å². The molecule has 0 saturated carbocycles. The lowest BCUT2D eigenvalue weighted by atomic mass is 9.76. The van der Waals surface area contributed by atoms with Gasteiger partial charge in [-0.15, -0.1) is 0 Å². The molecular weight excluding hydrogens is 260 g/mol. The molecule has 21 heavy (non-hydrogen) atoms. The Bertz CT molecular complexity index is 603. The molecule has 0 spiro atoms. The molecule has 110 valence electrons. The smallest absolute Gasteiger partial charge is 0.119 e. The van der Waals surface area contributed by atoms with E-state index in [-0.39, 0.29) is 0 Å². The first-order chi connectivity index (χ1) is 10.2. The predicted octanol–water partition coefficient (Wildman–Crippen LogP) is 3.85. The minimum atomic E-state index is -0.752. The molecule has 1 aliphatic carbocycles. The van der Waals surface area contributed by atoms with Crippen LogP contribution >= 0.6 is 0 Å². The van der Waals surface area contributed by atoms with E-state index in [9.17, 15) is 5.11 Å². The van der Waals surface area contributed by atoms with Gasteiger partial charge < -0.3 is 9.84 Å². The summed E-state index contributed by atoms with van der Waals surface area (Å²) in [7, 11) is 0. The molecule has 0 fully saturated rings. The van der Waals surface area contributed by atoms with Crippen LogP contribution in [0.25, 0.3) is 0 Å². The predicted molar refractivity (Wildman–Crippen MR) is 84.6 cm³/mol. The fourth-order valence-corrected chi connectivity index (χ4v) is 3.05. The van der Waals surface area contributed by atoms with Gasteiger partial charge >= 0.3 is 0 Å². The first-order valence-corrected chi connectivity index (χ1v) is 7.74. The lowest BCUT2D eigenvalue weighted by Gasteiger charge is -2.34. The van der Waals surface area contributed by atoms with Gasteiger partial charge in [-0.05, 0) is 48.1 Å². The molecule has 1 atom stereocenters. The van der Waals surface area contributed by atoms with E-state index in [2.05, 4.69) is 25.1 Å². The van der Waals surface area contributed by atoms with Gasteiger partial charge in [0.1, 0.15) is 5.75 Å². The summed E-state index contributed by atoms with van der Waals surface area (Å²) in [5.41, 5.74) is 2.86. The molecule has 0 saturated heterocycles. The van der Waals surface area contributed by atoms with Crippen LogP contribution in [0.5, 0.6) is 5.75 Å². The molecule has 0 aliphatic heterocycles. The maximum absolute atomic E-state index is 11.0. The van der Waals surface area contributed by atoms with Gasteiger partial charge in [-0.2, -0.15) is 0 Å². The molecule has 2 nitrogen and oxygen atoms in total. The van der Waals surface area contributed by atoms with E-state index in [1.54, 1.807) is 0 Å². The third-order valence-corrected chi connectivity index (χ3v) is 4.27. The molecule has 0 aromatic heterocycles. The lowest BCUT2D eigenvalue weighted by Crippen LogP contribution is -2.33. The first-order valence-electron chi connectivity index (χ1n) is 7.74. The van der Waals surface area contributed by atoms with E-state index in [1.807, 2.05) is 30.3 Å². The number of hydrogen-bond donors (Lipinski definition) is 1. The van der Waals surface area contributed by atoms with Crippen molar-refractivity contribution in [2.75, 3.05) is 6.61 Å². The van der Waals surface area contributed by atoms with Crippen LogP contribution in [0.3, 0.4) is 0 Å². The van der Waals surface area contributed by atoms with Crippen LogP contribution in [0.15, 0.2) is 48.5 Å². The van der Waals surface area contributed by atoms with Crippen LogP contribution in [-0.4, -0.2) is 11.7 Å². The van der Waals surface area contributed by atoms with Crippen LogP contribution in [0, 0.1) is 0 Å². The van der Waals surface area contributed by atoms with Crippen LogP contribution in [-0.2, 0) is 18.4 Å². The minimum Gasteiger partial charge on any atom is -0.494 e. The highest BCUT2D eigenvalue weighted by Crippen LogP contribution is 2.36. The highest BCUT2D eigenvalue weighted by atomic mass is 16.5. The summed E-state index contributed by atoms with van der Waals surface area (Å²) >= 11 is 0. The fraction of sp³-hybridized carbons (Fsp3) is 0.368. The number of benzene rings is 2. The summed E-state index contributed by atoms with van der Waals surface area (Å²) < 4.78 is 5.61. The third kappa shape index (κ3) is 2.96. The zero-order chi connectivity index (χ0) is 14.7. The maximum atomic E-state index is 11.0. The van der Waals surface area contributed by atoms with Crippen molar-refractivity contribution in [3.63, 3.8) is 0 Å². The molecule has 0 amide bonds. The summed E-state index contributed by atoms with van der Waals surface area (Å²) in [6, 6.07) is 16.3. The van der Waals surface area contributed by atoms with E-state index in [1.165, 1.54) is 11.1 Å². The van der Waals surface area contributed by atoms with Crippen molar-refractivity contribution in [2.45, 2.75) is 38.2 Å². The van der Waals surface area contributed by atoms with E-state index in [4.69, 9.17) is 4.74 Å². The molecular formula is C19H22O2. The van der Waals surface area contributed by atoms with Gasteiger partial charge in [0.25, 0.3) is 0 Å². The molecule has 2 heteroatoms. The van der Waals surface area contributed by atoms with Crippen LogP contribution in [0.1, 0.15) is 36.5 Å². The van der Waals surface area contributed by atoms with Gasteiger partial charge in [-0.1, -0.05) is 43.3 Å². The molecule has 1 N–H and O–H groups in total. The molecule has 3 rings (SSSR count). The highest BCUT2D eigenvalue weighted by Gasteiger charge is 2.33. The van der Waals surface area contributed by atoms with Crippen molar-refractivity contribution in [3.8, 4) is 5.75 Å². The molecule has 0 radical (unpaired) electrons. The Kier molecular flexibility index (Phi) is 3.98. The second-order valence-corrected chi connectivity index (χ2v) is 5.85. The van der Waals surface area contributed by atoms with Gasteiger partial charge in [0.15, 0.2) is 0 Å². The Morgan fingerprint density at radius 2 is 1.76 bits per heavy atom. The fourth-order valence-electron chi connectivity index (χ4n) is 3.05. The maximum Gasteiger partial charge on any atom is 0.119 e. The molecule has 1 aliphatic rings. The minimum absolute atomic E-state index is 0.693. The van der Waals surface area contributed by atoms with Crippen molar-refractivity contribution in [3.05, 3.63) is 65.2 Å². The normalized spacial score (nSPS) is 20.9. The third-order valence-electron chi connectivity index (χ3n) is 4.27. The topological polar surface area (TPSA) is 29.5 Å². The summed E-state index contributed by atoms with van der Waals surface area (Å²) in [6.07, 6.45) is 3.40. The molecule has 2 aromatic carbocycles. The summed E-state index contributed by atoms with van der Waals surface area (Å²) in [4.78, 5) is 0. The van der Waals surface area contributed by atoms with Crippen molar-refractivity contribution >= 4 is 0 Å². The standard InChI is InChI=1S/C19H22O2/c1-2-13-21-18-9-7-17(8-10-18)19(20)12-11-15-5-3-4-6-16(15)14-19/h3-10,20H,2,11-14H2,1H3. The number of aryl methyl sites for hydroxylation is 1. The largest absolute Gasteiger partial charge is 0.494 e. The second-order valence-electron chi connectivity index (χ2n) is 5.85. The zero-order valence-corrected chi connectivity index (χ0v) is 12.5. The van der Waals surface area contributed by atoms with Crippen molar-refractivity contribution in [1.29, 1.82) is 0 Å². The van der Waals surface area contributed by atoms with Crippen LogP contribution in [0.4, 0.5) is 0 Å². The Labute approximate surface area is 126 Å². The van der Waals surface area contributed by atoms with Crippen LogP contribution in [0.2, 0.25) is 0 Å². The van der Waals surface area contributed by atoms with E-state index >= 15 is 0 Å². The monoisotopic (exact) mass is 282 g/mol.